The molecule has 0 unspecified atom stereocenters. The number of carbonyl (C=O) groups excluding carboxylic acids is 1. The van der Waals surface area contributed by atoms with Gasteiger partial charge in [-0.1, -0.05) is 30.3 Å². The molecule has 9 nitrogen and oxygen atoms in total. The van der Waals surface area contributed by atoms with Crippen molar-refractivity contribution < 1.29 is 9.53 Å². The fourth-order valence-corrected chi connectivity index (χ4v) is 4.32. The number of ether oxygens (including phenoxy) is 1. The van der Waals surface area contributed by atoms with E-state index in [1.54, 1.807) is 30.5 Å². The SMILES string of the molecule is N#Cc1ccc(N2CCN(C(=O)CCc3nc4cc(OCc5ccccc5)ccc4c(=O)[nH]3)CC2)nc1. The Bertz CT molecular complexity index is 1490. The summed E-state index contributed by atoms with van der Waals surface area (Å²) in [6.07, 6.45) is 2.16. The molecule has 1 fully saturated rings. The summed E-state index contributed by atoms with van der Waals surface area (Å²) in [7, 11) is 0. The van der Waals surface area contributed by atoms with Crippen molar-refractivity contribution in [2.45, 2.75) is 19.4 Å². The summed E-state index contributed by atoms with van der Waals surface area (Å²) in [5, 5.41) is 9.41. The van der Waals surface area contributed by atoms with Crippen LogP contribution in [0.3, 0.4) is 0 Å². The van der Waals surface area contributed by atoms with Gasteiger partial charge in [-0.25, -0.2) is 9.97 Å². The number of benzene rings is 2. The Balaban J connectivity index is 1.18. The summed E-state index contributed by atoms with van der Waals surface area (Å²) in [4.78, 5) is 41.1. The largest absolute Gasteiger partial charge is 0.489 e. The molecular weight excluding hydrogens is 468 g/mol. The van der Waals surface area contributed by atoms with Crippen LogP contribution < -0.4 is 15.2 Å². The van der Waals surface area contributed by atoms with Crippen molar-refractivity contribution in [2.75, 3.05) is 31.1 Å². The third kappa shape index (κ3) is 5.76. The lowest BCUT2D eigenvalue weighted by Gasteiger charge is -2.35. The van der Waals surface area contributed by atoms with Gasteiger partial charge in [-0.15, -0.1) is 0 Å². The van der Waals surface area contributed by atoms with Gasteiger partial charge in [-0.05, 0) is 29.8 Å². The number of amides is 1. The maximum Gasteiger partial charge on any atom is 0.258 e. The molecule has 3 heterocycles. The number of nitrogens with one attached hydrogen (secondary N) is 1. The number of nitrogens with zero attached hydrogens (tertiary/aromatic N) is 5. The zero-order valence-corrected chi connectivity index (χ0v) is 20.3. The van der Waals surface area contributed by atoms with Gasteiger partial charge in [-0.3, -0.25) is 9.59 Å². The molecular formula is C28H26N6O3. The standard InChI is InChI=1S/C28H26N6O3/c29-17-21-6-10-26(30-18-21)33-12-14-34(15-13-33)27(35)11-9-25-31-24-16-22(7-8-23(24)28(36)32-25)37-19-20-4-2-1-3-5-20/h1-8,10,16,18H,9,11-15,19H2,(H,31,32,36). The minimum atomic E-state index is -0.231. The van der Waals surface area contributed by atoms with Gasteiger partial charge in [0.25, 0.3) is 5.56 Å². The first-order chi connectivity index (χ1) is 18.1. The van der Waals surface area contributed by atoms with Gasteiger partial charge in [0.15, 0.2) is 0 Å². The highest BCUT2D eigenvalue weighted by Crippen LogP contribution is 2.19. The number of nitriles is 1. The number of pyridine rings is 1. The molecule has 4 aromatic rings. The van der Waals surface area contributed by atoms with E-state index >= 15 is 0 Å². The average molecular weight is 495 g/mol. The molecule has 0 aliphatic carbocycles. The molecule has 186 valence electrons. The monoisotopic (exact) mass is 494 g/mol. The van der Waals surface area contributed by atoms with Gasteiger partial charge in [0.1, 0.15) is 30.1 Å². The number of hydrogen-bond donors (Lipinski definition) is 1. The zero-order chi connectivity index (χ0) is 25.6. The van der Waals surface area contributed by atoms with Crippen LogP contribution in [-0.2, 0) is 17.8 Å². The Morgan fingerprint density at radius 1 is 1.05 bits per heavy atom. The molecule has 0 spiro atoms. The minimum Gasteiger partial charge on any atom is -0.489 e. The van der Waals surface area contributed by atoms with Crippen LogP contribution in [0.4, 0.5) is 5.82 Å². The molecule has 1 amide bonds. The van der Waals surface area contributed by atoms with Crippen LogP contribution >= 0.6 is 0 Å². The smallest absolute Gasteiger partial charge is 0.258 e. The number of aryl methyl sites for hydroxylation is 1. The topological polar surface area (TPSA) is 115 Å². The Labute approximate surface area is 214 Å². The molecule has 1 aliphatic heterocycles. The highest BCUT2D eigenvalue weighted by Gasteiger charge is 2.22. The Hall–Kier alpha value is -4.71. The van der Waals surface area contributed by atoms with E-state index in [9.17, 15) is 9.59 Å². The normalized spacial score (nSPS) is 13.4. The first kappa shape index (κ1) is 24.0. The van der Waals surface area contributed by atoms with Gasteiger partial charge in [0, 0.05) is 51.3 Å². The van der Waals surface area contributed by atoms with Crippen molar-refractivity contribution in [3.8, 4) is 11.8 Å². The minimum absolute atomic E-state index is 0.0233. The first-order valence-electron chi connectivity index (χ1n) is 12.2. The summed E-state index contributed by atoms with van der Waals surface area (Å²) in [5.41, 5.74) is 1.88. The van der Waals surface area contributed by atoms with Crippen LogP contribution in [0, 0.1) is 11.3 Å². The van der Waals surface area contributed by atoms with Crippen LogP contribution in [0.5, 0.6) is 5.75 Å². The summed E-state index contributed by atoms with van der Waals surface area (Å²) in [6, 6.07) is 20.7. The average Bonchev–Trinajstić information content (AvgIpc) is 2.95. The number of piperazine rings is 1. The number of fused-ring (bicyclic) bond motifs is 1. The van der Waals surface area contributed by atoms with Crippen molar-refractivity contribution >= 4 is 22.6 Å². The van der Waals surface area contributed by atoms with Crippen molar-refractivity contribution in [3.05, 3.63) is 94.2 Å². The Kier molecular flexibility index (Phi) is 7.08. The highest BCUT2D eigenvalue weighted by molar-refractivity contribution is 5.79. The maximum absolute atomic E-state index is 12.8. The molecule has 0 radical (unpaired) electrons. The number of carbonyl (C=O) groups is 1. The molecule has 2 aromatic carbocycles. The molecule has 1 saturated heterocycles. The van der Waals surface area contributed by atoms with Crippen LogP contribution in [0.2, 0.25) is 0 Å². The van der Waals surface area contributed by atoms with Gasteiger partial charge < -0.3 is 19.5 Å². The Morgan fingerprint density at radius 2 is 1.86 bits per heavy atom. The summed E-state index contributed by atoms with van der Waals surface area (Å²) in [6.45, 7) is 2.93. The summed E-state index contributed by atoms with van der Waals surface area (Å²) < 4.78 is 5.87. The van der Waals surface area contributed by atoms with E-state index in [0.29, 0.717) is 67.2 Å². The van der Waals surface area contributed by atoms with E-state index in [-0.39, 0.29) is 17.9 Å². The fourth-order valence-electron chi connectivity index (χ4n) is 4.32. The number of aromatic amines is 1. The fraction of sp³-hybridized carbons (Fsp3) is 0.250. The number of rotatable bonds is 7. The van der Waals surface area contributed by atoms with Crippen molar-refractivity contribution in [3.63, 3.8) is 0 Å². The van der Waals surface area contributed by atoms with Gasteiger partial charge in [-0.2, -0.15) is 5.26 Å². The van der Waals surface area contributed by atoms with E-state index in [1.165, 1.54) is 0 Å². The third-order valence-corrected chi connectivity index (χ3v) is 6.38. The lowest BCUT2D eigenvalue weighted by Crippen LogP contribution is -2.49. The van der Waals surface area contributed by atoms with Crippen LogP contribution in [-0.4, -0.2) is 51.9 Å². The van der Waals surface area contributed by atoms with E-state index in [2.05, 4.69) is 25.9 Å². The van der Waals surface area contributed by atoms with Gasteiger partial charge >= 0.3 is 0 Å². The van der Waals surface area contributed by atoms with Gasteiger partial charge in [0.2, 0.25) is 5.91 Å². The number of H-pyrrole nitrogens is 1. The van der Waals surface area contributed by atoms with Crippen molar-refractivity contribution in [1.82, 2.24) is 19.9 Å². The van der Waals surface area contributed by atoms with E-state index in [4.69, 9.17) is 10.00 Å². The quantitative estimate of drug-likeness (QED) is 0.420. The number of anilines is 1. The third-order valence-electron chi connectivity index (χ3n) is 6.38. The number of hydrogen-bond acceptors (Lipinski definition) is 7. The maximum atomic E-state index is 12.8. The lowest BCUT2D eigenvalue weighted by atomic mass is 10.2. The molecule has 0 saturated carbocycles. The van der Waals surface area contributed by atoms with Gasteiger partial charge in [0.05, 0.1) is 16.5 Å². The molecule has 0 atom stereocenters. The zero-order valence-electron chi connectivity index (χ0n) is 20.3. The predicted molar refractivity (Wildman–Crippen MR) is 139 cm³/mol. The Morgan fingerprint density at radius 3 is 2.59 bits per heavy atom. The van der Waals surface area contributed by atoms with E-state index in [0.717, 1.165) is 11.4 Å². The van der Waals surface area contributed by atoms with E-state index < -0.39 is 0 Å². The molecule has 37 heavy (non-hydrogen) atoms. The second-order valence-electron chi connectivity index (χ2n) is 8.85. The second kappa shape index (κ2) is 10.9. The lowest BCUT2D eigenvalue weighted by molar-refractivity contribution is -0.131. The molecule has 1 aliphatic rings. The molecule has 9 heteroatoms. The summed E-state index contributed by atoms with van der Waals surface area (Å²) >= 11 is 0. The van der Waals surface area contributed by atoms with Crippen LogP contribution in [0.25, 0.3) is 10.9 Å². The second-order valence-corrected chi connectivity index (χ2v) is 8.85. The van der Waals surface area contributed by atoms with Crippen LogP contribution in [0.1, 0.15) is 23.4 Å². The van der Waals surface area contributed by atoms with E-state index in [1.807, 2.05) is 41.3 Å². The number of aromatic nitrogens is 3. The van der Waals surface area contributed by atoms with Crippen molar-refractivity contribution in [1.29, 1.82) is 5.26 Å². The first-order valence-corrected chi connectivity index (χ1v) is 12.2. The molecule has 2 aromatic heterocycles. The van der Waals surface area contributed by atoms with Crippen molar-refractivity contribution in [2.24, 2.45) is 0 Å². The molecule has 5 rings (SSSR count). The highest BCUT2D eigenvalue weighted by atomic mass is 16.5. The molecule has 0 bridgehead atoms. The predicted octanol–water partition coefficient (Wildman–Crippen LogP) is 3.05. The van der Waals surface area contributed by atoms with Crippen LogP contribution in [0.15, 0.2) is 71.7 Å². The molecule has 1 N–H and O–H groups in total. The summed E-state index contributed by atoms with van der Waals surface area (Å²) in [5.74, 6) is 1.93.